The Kier molecular flexibility index (Phi) is 2.46. The van der Waals surface area contributed by atoms with Gasteiger partial charge in [-0.2, -0.15) is 0 Å². The molecule has 1 amide bonds. The van der Waals surface area contributed by atoms with Crippen LogP contribution in [0.3, 0.4) is 0 Å². The van der Waals surface area contributed by atoms with Gasteiger partial charge in [0.25, 0.3) is 0 Å². The molecule has 3 rings (SSSR count). The first-order chi connectivity index (χ1) is 7.66. The second kappa shape index (κ2) is 3.73. The number of nitrogens with one attached hydrogen (secondary N) is 1. The predicted molar refractivity (Wildman–Crippen MR) is 60.9 cm³/mol. The monoisotopic (exact) mass is 223 g/mol. The van der Waals surface area contributed by atoms with Crippen molar-refractivity contribution in [2.75, 3.05) is 13.2 Å². The third kappa shape index (κ3) is 1.97. The van der Waals surface area contributed by atoms with Crippen molar-refractivity contribution >= 4 is 5.91 Å². The third-order valence-electron chi connectivity index (χ3n) is 4.64. The molecule has 2 atom stereocenters. The number of carbonyl (C=O) groups is 1. The number of carbonyl (C=O) groups excluding carboxylic acids is 1. The van der Waals surface area contributed by atoms with Gasteiger partial charge in [0.05, 0.1) is 0 Å². The maximum Gasteiger partial charge on any atom is 0.223 e. The molecule has 0 radical (unpaired) electrons. The number of ether oxygens (including phenoxy) is 1. The number of hydrogen-bond acceptors (Lipinski definition) is 2. The van der Waals surface area contributed by atoms with E-state index in [1.54, 1.807) is 0 Å². The van der Waals surface area contributed by atoms with Gasteiger partial charge in [-0.1, -0.05) is 0 Å². The van der Waals surface area contributed by atoms with E-state index in [4.69, 9.17) is 4.74 Å². The van der Waals surface area contributed by atoms with Gasteiger partial charge in [-0.25, -0.2) is 0 Å². The van der Waals surface area contributed by atoms with Crippen molar-refractivity contribution in [3.8, 4) is 0 Å². The summed E-state index contributed by atoms with van der Waals surface area (Å²) in [6.45, 7) is 3.72. The second-order valence-electron chi connectivity index (χ2n) is 6.09. The minimum absolute atomic E-state index is 0.0118. The number of rotatable bonds is 2. The Hall–Kier alpha value is -0.570. The minimum Gasteiger partial charge on any atom is -0.381 e. The summed E-state index contributed by atoms with van der Waals surface area (Å²) in [5, 5.41) is 3.26. The zero-order chi connectivity index (χ0) is 11.2. The summed E-state index contributed by atoms with van der Waals surface area (Å²) in [6, 6.07) is 0. The largest absolute Gasteiger partial charge is 0.381 e. The molecule has 1 saturated heterocycles. The molecule has 3 nitrogen and oxygen atoms in total. The van der Waals surface area contributed by atoms with Crippen LogP contribution in [-0.2, 0) is 9.53 Å². The molecule has 16 heavy (non-hydrogen) atoms. The van der Waals surface area contributed by atoms with Crippen LogP contribution < -0.4 is 5.32 Å². The van der Waals surface area contributed by atoms with E-state index < -0.39 is 0 Å². The Bertz CT molecular complexity index is 286. The Balaban J connectivity index is 1.55. The van der Waals surface area contributed by atoms with Gasteiger partial charge in [-0.05, 0) is 50.9 Å². The van der Waals surface area contributed by atoms with Gasteiger partial charge < -0.3 is 10.1 Å². The predicted octanol–water partition coefficient (Wildman–Crippen LogP) is 1.72. The molecule has 3 aliphatic rings. The lowest BCUT2D eigenvalue weighted by atomic mass is 9.91. The van der Waals surface area contributed by atoms with E-state index in [0.29, 0.717) is 11.8 Å². The molecular formula is C13H21NO2. The fraction of sp³-hybridized carbons (Fsp3) is 0.923. The maximum absolute atomic E-state index is 12.1. The van der Waals surface area contributed by atoms with Crippen molar-refractivity contribution in [1.82, 2.24) is 5.32 Å². The topological polar surface area (TPSA) is 38.3 Å². The average molecular weight is 223 g/mol. The first kappa shape index (κ1) is 10.6. The van der Waals surface area contributed by atoms with Crippen molar-refractivity contribution in [3.63, 3.8) is 0 Å². The van der Waals surface area contributed by atoms with Crippen LogP contribution in [0.25, 0.3) is 0 Å². The van der Waals surface area contributed by atoms with Gasteiger partial charge >= 0.3 is 0 Å². The zero-order valence-electron chi connectivity index (χ0n) is 10.00. The van der Waals surface area contributed by atoms with Crippen molar-refractivity contribution < 1.29 is 9.53 Å². The normalized spacial score (nSPS) is 40.2. The number of fused-ring (bicyclic) bond motifs is 1. The highest BCUT2D eigenvalue weighted by atomic mass is 16.5. The second-order valence-corrected chi connectivity index (χ2v) is 6.09. The highest BCUT2D eigenvalue weighted by Crippen LogP contribution is 2.54. The van der Waals surface area contributed by atoms with E-state index in [9.17, 15) is 4.79 Å². The summed E-state index contributed by atoms with van der Waals surface area (Å²) in [5.74, 6) is 2.39. The minimum atomic E-state index is -0.0118. The first-order valence-electron chi connectivity index (χ1n) is 6.56. The van der Waals surface area contributed by atoms with Crippen LogP contribution in [0.1, 0.15) is 39.0 Å². The van der Waals surface area contributed by atoms with E-state index in [-0.39, 0.29) is 5.54 Å². The third-order valence-corrected chi connectivity index (χ3v) is 4.64. The van der Waals surface area contributed by atoms with Crippen molar-refractivity contribution in [1.29, 1.82) is 0 Å². The van der Waals surface area contributed by atoms with Crippen LogP contribution in [0.2, 0.25) is 0 Å². The Morgan fingerprint density at radius 2 is 1.81 bits per heavy atom. The van der Waals surface area contributed by atoms with E-state index in [2.05, 4.69) is 12.2 Å². The molecule has 0 aromatic rings. The summed E-state index contributed by atoms with van der Waals surface area (Å²) in [5.41, 5.74) is -0.0118. The number of hydrogen-bond donors (Lipinski definition) is 1. The lowest BCUT2D eigenvalue weighted by molar-refractivity contribution is -0.128. The van der Waals surface area contributed by atoms with Crippen molar-refractivity contribution in [3.05, 3.63) is 0 Å². The molecule has 0 bridgehead atoms. The van der Waals surface area contributed by atoms with Gasteiger partial charge in [0.1, 0.15) is 0 Å². The van der Waals surface area contributed by atoms with Crippen LogP contribution in [0.4, 0.5) is 0 Å². The van der Waals surface area contributed by atoms with Gasteiger partial charge in [0.2, 0.25) is 5.91 Å². The Labute approximate surface area is 96.9 Å². The highest BCUT2D eigenvalue weighted by Gasteiger charge is 2.48. The van der Waals surface area contributed by atoms with Crippen molar-refractivity contribution in [2.24, 2.45) is 17.8 Å². The molecule has 3 fully saturated rings. The lowest BCUT2D eigenvalue weighted by Crippen LogP contribution is -2.51. The van der Waals surface area contributed by atoms with Gasteiger partial charge in [0, 0.05) is 24.7 Å². The van der Waals surface area contributed by atoms with Crippen LogP contribution in [0, 0.1) is 17.8 Å². The summed E-state index contributed by atoms with van der Waals surface area (Å²) in [7, 11) is 0. The van der Waals surface area contributed by atoms with Gasteiger partial charge in [-0.3, -0.25) is 4.79 Å². The highest BCUT2D eigenvalue weighted by molar-refractivity contribution is 5.80. The standard InChI is InChI=1S/C13H21NO2/c1-13(2-4-16-5-3-13)14-12(15)11-7-9-6-10(9)8-11/h9-11H,2-8H2,1H3,(H,14,15). The summed E-state index contributed by atoms with van der Waals surface area (Å²) in [6.07, 6.45) is 5.58. The molecule has 90 valence electrons. The molecule has 0 aromatic heterocycles. The molecule has 1 N–H and O–H groups in total. The molecule has 0 spiro atoms. The smallest absolute Gasteiger partial charge is 0.223 e. The van der Waals surface area contributed by atoms with E-state index in [0.717, 1.165) is 50.7 Å². The molecule has 2 unspecified atom stereocenters. The molecule has 3 heteroatoms. The van der Waals surface area contributed by atoms with Crippen molar-refractivity contribution in [2.45, 2.75) is 44.6 Å². The van der Waals surface area contributed by atoms with E-state index in [1.807, 2.05) is 0 Å². The first-order valence-corrected chi connectivity index (χ1v) is 6.56. The SMILES string of the molecule is CC1(NC(=O)C2CC3CC3C2)CCOCC1. The summed E-state index contributed by atoms with van der Waals surface area (Å²) < 4.78 is 5.34. The fourth-order valence-corrected chi connectivity index (χ4v) is 3.28. The lowest BCUT2D eigenvalue weighted by Gasteiger charge is -2.35. The molecule has 2 aliphatic carbocycles. The summed E-state index contributed by atoms with van der Waals surface area (Å²) in [4.78, 5) is 12.1. The van der Waals surface area contributed by atoms with Crippen LogP contribution in [0.5, 0.6) is 0 Å². The average Bonchev–Trinajstić information content (AvgIpc) is 2.86. The number of amides is 1. The quantitative estimate of drug-likeness (QED) is 0.774. The van der Waals surface area contributed by atoms with Crippen LogP contribution in [-0.4, -0.2) is 24.7 Å². The maximum atomic E-state index is 12.1. The van der Waals surface area contributed by atoms with E-state index in [1.165, 1.54) is 6.42 Å². The van der Waals surface area contributed by atoms with Crippen LogP contribution >= 0.6 is 0 Å². The molecule has 1 heterocycles. The zero-order valence-corrected chi connectivity index (χ0v) is 10.00. The fourth-order valence-electron chi connectivity index (χ4n) is 3.28. The Morgan fingerprint density at radius 3 is 2.44 bits per heavy atom. The molecule has 1 aliphatic heterocycles. The molecular weight excluding hydrogens is 202 g/mol. The van der Waals surface area contributed by atoms with E-state index >= 15 is 0 Å². The summed E-state index contributed by atoms with van der Waals surface area (Å²) >= 11 is 0. The van der Waals surface area contributed by atoms with Gasteiger partial charge in [0.15, 0.2) is 0 Å². The molecule has 0 aromatic carbocycles. The van der Waals surface area contributed by atoms with Gasteiger partial charge in [-0.15, -0.1) is 0 Å². The Morgan fingerprint density at radius 1 is 1.19 bits per heavy atom. The molecule has 2 saturated carbocycles. The van der Waals surface area contributed by atoms with Crippen LogP contribution in [0.15, 0.2) is 0 Å².